The van der Waals surface area contributed by atoms with E-state index in [0.717, 1.165) is 48.6 Å². The molecule has 0 fully saturated rings. The minimum atomic E-state index is -0.106. The van der Waals surface area contributed by atoms with Gasteiger partial charge in [0.15, 0.2) is 0 Å². The Kier molecular flexibility index (Phi) is 3.56. The molecule has 1 amide bonds. The maximum Gasteiger partial charge on any atom is 0.228 e. The summed E-state index contributed by atoms with van der Waals surface area (Å²) in [6, 6.07) is 8.03. The number of carbonyl (C=O) groups is 1. The highest BCUT2D eigenvalue weighted by atomic mass is 16.5. The fraction of sp³-hybridized carbons (Fsp3) is 0.444. The molecule has 0 unspecified atom stereocenters. The Labute approximate surface area is 135 Å². The molecule has 4 rings (SSSR count). The van der Waals surface area contributed by atoms with Gasteiger partial charge in [-0.15, -0.1) is 0 Å². The Hall–Kier alpha value is -2.30. The summed E-state index contributed by atoms with van der Waals surface area (Å²) >= 11 is 0. The summed E-state index contributed by atoms with van der Waals surface area (Å²) in [7, 11) is 0. The van der Waals surface area contributed by atoms with Crippen LogP contribution in [0.2, 0.25) is 0 Å². The summed E-state index contributed by atoms with van der Waals surface area (Å²) < 4.78 is 7.82. The van der Waals surface area contributed by atoms with Crippen LogP contribution in [0.1, 0.15) is 35.8 Å². The average molecular weight is 311 g/mol. The SMILES string of the molecule is Cc1cn2c(n1)CC[C@@H](NC(=O)[C@H]1CCOc3ccccc31)C2. The lowest BCUT2D eigenvalue weighted by molar-refractivity contribution is -0.124. The lowest BCUT2D eigenvalue weighted by atomic mass is 9.92. The molecule has 2 aliphatic rings. The van der Waals surface area contributed by atoms with Gasteiger partial charge in [-0.2, -0.15) is 0 Å². The summed E-state index contributed by atoms with van der Waals surface area (Å²) in [5.74, 6) is 1.98. The first-order chi connectivity index (χ1) is 11.2. The lowest BCUT2D eigenvalue weighted by Gasteiger charge is -2.29. The number of imidazole rings is 1. The zero-order chi connectivity index (χ0) is 15.8. The molecule has 0 saturated carbocycles. The van der Waals surface area contributed by atoms with Crippen molar-refractivity contribution in [2.45, 2.75) is 44.7 Å². The van der Waals surface area contributed by atoms with Gasteiger partial charge in [-0.3, -0.25) is 4.79 Å². The summed E-state index contributed by atoms with van der Waals surface area (Å²) in [6.07, 6.45) is 4.68. The Balaban J connectivity index is 1.47. The summed E-state index contributed by atoms with van der Waals surface area (Å²) in [4.78, 5) is 17.3. The fourth-order valence-corrected chi connectivity index (χ4v) is 3.62. The number of aromatic nitrogens is 2. The minimum absolute atomic E-state index is 0.106. The van der Waals surface area contributed by atoms with Crippen molar-refractivity contribution in [3.8, 4) is 5.75 Å². The van der Waals surface area contributed by atoms with E-state index in [1.54, 1.807) is 0 Å². The van der Waals surface area contributed by atoms with E-state index in [0.29, 0.717) is 6.61 Å². The van der Waals surface area contributed by atoms with Crippen molar-refractivity contribution in [1.82, 2.24) is 14.9 Å². The Morgan fingerprint density at radius 2 is 2.22 bits per heavy atom. The van der Waals surface area contributed by atoms with E-state index in [4.69, 9.17) is 4.74 Å². The van der Waals surface area contributed by atoms with Gasteiger partial charge in [0, 0.05) is 30.8 Å². The number of para-hydroxylation sites is 1. The zero-order valence-electron chi connectivity index (χ0n) is 13.3. The summed E-state index contributed by atoms with van der Waals surface area (Å²) in [5.41, 5.74) is 2.05. The molecule has 5 nitrogen and oxygen atoms in total. The molecule has 0 radical (unpaired) electrons. The third-order valence-electron chi connectivity index (χ3n) is 4.73. The molecule has 2 aliphatic heterocycles. The van der Waals surface area contributed by atoms with Gasteiger partial charge in [-0.25, -0.2) is 4.98 Å². The molecule has 23 heavy (non-hydrogen) atoms. The van der Waals surface area contributed by atoms with Crippen molar-refractivity contribution in [2.75, 3.05) is 6.61 Å². The van der Waals surface area contributed by atoms with Gasteiger partial charge in [0.25, 0.3) is 0 Å². The maximum absolute atomic E-state index is 12.8. The molecule has 5 heteroatoms. The number of rotatable bonds is 2. The molecule has 3 heterocycles. The van der Waals surface area contributed by atoms with Crippen LogP contribution in [-0.4, -0.2) is 28.1 Å². The van der Waals surface area contributed by atoms with Gasteiger partial charge in [-0.05, 0) is 25.8 Å². The normalized spacial score (nSPS) is 22.7. The van der Waals surface area contributed by atoms with E-state index in [9.17, 15) is 4.79 Å². The van der Waals surface area contributed by atoms with Gasteiger partial charge in [-0.1, -0.05) is 18.2 Å². The minimum Gasteiger partial charge on any atom is -0.493 e. The molecule has 2 atom stereocenters. The summed E-state index contributed by atoms with van der Waals surface area (Å²) in [5, 5.41) is 3.24. The largest absolute Gasteiger partial charge is 0.493 e. The quantitative estimate of drug-likeness (QED) is 0.925. The first-order valence-corrected chi connectivity index (χ1v) is 8.25. The molecule has 0 saturated heterocycles. The monoisotopic (exact) mass is 311 g/mol. The molecule has 0 bridgehead atoms. The molecule has 1 aromatic heterocycles. The number of fused-ring (bicyclic) bond motifs is 2. The number of carbonyl (C=O) groups excluding carboxylic acids is 1. The Morgan fingerprint density at radius 3 is 3.13 bits per heavy atom. The first-order valence-electron chi connectivity index (χ1n) is 8.25. The number of amides is 1. The summed E-state index contributed by atoms with van der Waals surface area (Å²) in [6.45, 7) is 3.43. The standard InChI is InChI=1S/C18H21N3O2/c1-12-10-21-11-13(6-7-17(21)19-12)20-18(22)15-8-9-23-16-5-3-2-4-14(15)16/h2-5,10,13,15H,6-9,11H2,1H3,(H,20,22)/t13-,15+/m1/s1. The van der Waals surface area contributed by atoms with Crippen LogP contribution in [0.25, 0.3) is 0 Å². The number of benzene rings is 1. The second-order valence-electron chi connectivity index (χ2n) is 6.42. The highest BCUT2D eigenvalue weighted by Crippen LogP contribution is 2.33. The van der Waals surface area contributed by atoms with Crippen LogP contribution < -0.4 is 10.1 Å². The third-order valence-corrected chi connectivity index (χ3v) is 4.73. The Bertz CT molecular complexity index is 738. The van der Waals surface area contributed by atoms with E-state index < -0.39 is 0 Å². The smallest absolute Gasteiger partial charge is 0.228 e. The number of nitrogens with one attached hydrogen (secondary N) is 1. The van der Waals surface area contributed by atoms with Gasteiger partial charge in [0.2, 0.25) is 5.91 Å². The molecule has 1 aromatic carbocycles. The van der Waals surface area contributed by atoms with Crippen LogP contribution in [0, 0.1) is 6.92 Å². The van der Waals surface area contributed by atoms with E-state index in [2.05, 4.69) is 21.1 Å². The fourth-order valence-electron chi connectivity index (χ4n) is 3.62. The van der Waals surface area contributed by atoms with Crippen LogP contribution >= 0.6 is 0 Å². The molecule has 0 aliphatic carbocycles. The zero-order valence-corrected chi connectivity index (χ0v) is 13.3. The molecular formula is C18H21N3O2. The number of hydrogen-bond donors (Lipinski definition) is 1. The second kappa shape index (κ2) is 5.72. The van der Waals surface area contributed by atoms with Gasteiger partial charge >= 0.3 is 0 Å². The molecule has 0 spiro atoms. The van der Waals surface area contributed by atoms with Crippen LogP contribution in [0.15, 0.2) is 30.5 Å². The average Bonchev–Trinajstić information content (AvgIpc) is 2.93. The van der Waals surface area contributed by atoms with E-state index in [1.165, 1.54) is 0 Å². The highest BCUT2D eigenvalue weighted by Gasteiger charge is 2.30. The third kappa shape index (κ3) is 2.71. The van der Waals surface area contributed by atoms with E-state index >= 15 is 0 Å². The number of hydrogen-bond acceptors (Lipinski definition) is 3. The topological polar surface area (TPSA) is 56.2 Å². The van der Waals surface area contributed by atoms with Gasteiger partial charge in [0.1, 0.15) is 11.6 Å². The molecule has 2 aromatic rings. The maximum atomic E-state index is 12.8. The van der Waals surface area contributed by atoms with E-state index in [1.807, 2.05) is 31.2 Å². The predicted molar refractivity (Wildman–Crippen MR) is 86.5 cm³/mol. The van der Waals surface area contributed by atoms with Crippen LogP contribution in [0.3, 0.4) is 0 Å². The highest BCUT2D eigenvalue weighted by molar-refractivity contribution is 5.85. The molecule has 1 N–H and O–H groups in total. The van der Waals surface area contributed by atoms with Gasteiger partial charge < -0.3 is 14.6 Å². The number of aryl methyl sites for hydroxylation is 2. The molecular weight excluding hydrogens is 290 g/mol. The predicted octanol–water partition coefficient (Wildman–Crippen LogP) is 2.19. The van der Waals surface area contributed by atoms with Crippen molar-refractivity contribution in [3.05, 3.63) is 47.5 Å². The first kappa shape index (κ1) is 14.3. The second-order valence-corrected chi connectivity index (χ2v) is 6.42. The van der Waals surface area contributed by atoms with Crippen molar-refractivity contribution in [2.24, 2.45) is 0 Å². The molecule has 120 valence electrons. The van der Waals surface area contributed by atoms with E-state index in [-0.39, 0.29) is 17.9 Å². The lowest BCUT2D eigenvalue weighted by Crippen LogP contribution is -2.43. The number of ether oxygens (including phenoxy) is 1. The van der Waals surface area contributed by atoms with Crippen molar-refractivity contribution >= 4 is 5.91 Å². The van der Waals surface area contributed by atoms with Crippen LogP contribution in [-0.2, 0) is 17.8 Å². The Morgan fingerprint density at radius 1 is 1.35 bits per heavy atom. The van der Waals surface area contributed by atoms with Crippen LogP contribution in [0.4, 0.5) is 0 Å². The van der Waals surface area contributed by atoms with Crippen molar-refractivity contribution in [1.29, 1.82) is 0 Å². The van der Waals surface area contributed by atoms with Crippen molar-refractivity contribution in [3.63, 3.8) is 0 Å². The number of nitrogens with zero attached hydrogens (tertiary/aromatic N) is 2. The van der Waals surface area contributed by atoms with Gasteiger partial charge in [0.05, 0.1) is 18.2 Å². The van der Waals surface area contributed by atoms with Crippen LogP contribution in [0.5, 0.6) is 5.75 Å². The van der Waals surface area contributed by atoms with Crippen molar-refractivity contribution < 1.29 is 9.53 Å².